The van der Waals surface area contributed by atoms with Crippen LogP contribution in [0.2, 0.25) is 0 Å². The van der Waals surface area contributed by atoms with Crippen LogP contribution in [0.5, 0.6) is 0 Å². The van der Waals surface area contributed by atoms with E-state index in [-0.39, 0.29) is 24.8 Å². The topological polar surface area (TPSA) is 26.0 Å². The third kappa shape index (κ3) is 7.83. The second kappa shape index (κ2) is 12.4. The maximum absolute atomic E-state index is 6.36. The van der Waals surface area contributed by atoms with Gasteiger partial charge >= 0.3 is 0 Å². The SMILES string of the molecule is Cl.NC1CCC[N+](CCCc2ccccc2)(CCCc2ccccc2)C1.[Cl-]. The third-order valence-corrected chi connectivity index (χ3v) is 5.71. The largest absolute Gasteiger partial charge is 1.00 e. The Morgan fingerprint density at radius 1 is 0.815 bits per heavy atom. The standard InChI is InChI=1S/C23H33N2.2ClH/c24-23-16-9-19-25(20-23,17-7-14-21-10-3-1-4-11-21)18-8-15-22-12-5-2-6-13-22;;/h1-6,10-13,23H,7-9,14-20,24H2;2*1H/q+1;;/p-1. The van der Waals surface area contributed by atoms with Crippen molar-refractivity contribution >= 4 is 12.4 Å². The smallest absolute Gasteiger partial charge is 0.0940 e. The van der Waals surface area contributed by atoms with E-state index in [1.54, 1.807) is 0 Å². The first kappa shape index (κ1) is 24.0. The van der Waals surface area contributed by atoms with Gasteiger partial charge in [-0.2, -0.15) is 0 Å². The van der Waals surface area contributed by atoms with Crippen molar-refractivity contribution in [2.24, 2.45) is 5.73 Å². The Hall–Kier alpha value is -1.06. The van der Waals surface area contributed by atoms with E-state index in [1.807, 2.05) is 0 Å². The van der Waals surface area contributed by atoms with Crippen molar-refractivity contribution in [2.75, 3.05) is 26.2 Å². The summed E-state index contributed by atoms with van der Waals surface area (Å²) < 4.78 is 1.24. The minimum absolute atomic E-state index is 0. The minimum Gasteiger partial charge on any atom is -1.00 e. The number of rotatable bonds is 8. The van der Waals surface area contributed by atoms with Crippen molar-refractivity contribution in [3.05, 3.63) is 71.8 Å². The number of hydrogen-bond acceptors (Lipinski definition) is 1. The van der Waals surface area contributed by atoms with Gasteiger partial charge in [0, 0.05) is 12.8 Å². The number of benzene rings is 2. The fourth-order valence-electron chi connectivity index (χ4n) is 4.41. The Labute approximate surface area is 177 Å². The van der Waals surface area contributed by atoms with Crippen LogP contribution in [-0.4, -0.2) is 36.7 Å². The number of aryl methyl sites for hydroxylation is 2. The highest BCUT2D eigenvalue weighted by molar-refractivity contribution is 5.85. The Bertz CT molecular complexity index is 573. The lowest BCUT2D eigenvalue weighted by Gasteiger charge is -2.44. The van der Waals surface area contributed by atoms with E-state index < -0.39 is 0 Å². The van der Waals surface area contributed by atoms with Crippen molar-refractivity contribution in [3.63, 3.8) is 0 Å². The van der Waals surface area contributed by atoms with Gasteiger partial charge < -0.3 is 22.6 Å². The van der Waals surface area contributed by atoms with Crippen LogP contribution in [0.1, 0.15) is 36.8 Å². The molecule has 1 heterocycles. The summed E-state index contributed by atoms with van der Waals surface area (Å²) in [7, 11) is 0. The van der Waals surface area contributed by atoms with Crippen molar-refractivity contribution in [1.82, 2.24) is 0 Å². The van der Waals surface area contributed by atoms with Gasteiger partial charge in [0.1, 0.15) is 0 Å². The molecule has 0 saturated carbocycles. The van der Waals surface area contributed by atoms with Crippen LogP contribution in [0.4, 0.5) is 0 Å². The van der Waals surface area contributed by atoms with E-state index in [1.165, 1.54) is 80.3 Å². The quantitative estimate of drug-likeness (QED) is 0.659. The molecule has 0 radical (unpaired) electrons. The molecule has 2 nitrogen and oxygen atoms in total. The first-order valence-electron chi connectivity index (χ1n) is 9.94. The summed E-state index contributed by atoms with van der Waals surface area (Å²) in [4.78, 5) is 0. The van der Waals surface area contributed by atoms with Gasteiger partial charge in [-0.1, -0.05) is 60.7 Å². The zero-order valence-corrected chi connectivity index (χ0v) is 17.8. The minimum atomic E-state index is 0. The fraction of sp³-hybridized carbons (Fsp3) is 0.478. The summed E-state index contributed by atoms with van der Waals surface area (Å²) in [6.45, 7) is 5.04. The summed E-state index contributed by atoms with van der Waals surface area (Å²) in [6.07, 6.45) is 7.41. The number of likely N-dealkylation sites (tertiary alicyclic amines) is 1. The van der Waals surface area contributed by atoms with Gasteiger partial charge in [0.2, 0.25) is 0 Å². The Morgan fingerprint density at radius 2 is 1.30 bits per heavy atom. The first-order valence-corrected chi connectivity index (χ1v) is 9.94. The predicted molar refractivity (Wildman–Crippen MR) is 114 cm³/mol. The van der Waals surface area contributed by atoms with Gasteiger partial charge in [-0.25, -0.2) is 0 Å². The summed E-state index contributed by atoms with van der Waals surface area (Å²) in [5.41, 5.74) is 9.29. The lowest BCUT2D eigenvalue weighted by Crippen LogP contribution is -3.00. The van der Waals surface area contributed by atoms with Crippen LogP contribution in [0.3, 0.4) is 0 Å². The summed E-state index contributed by atoms with van der Waals surface area (Å²) in [6, 6.07) is 22.2. The zero-order valence-electron chi connectivity index (χ0n) is 16.2. The van der Waals surface area contributed by atoms with Crippen LogP contribution in [0.25, 0.3) is 0 Å². The molecule has 1 fully saturated rings. The van der Waals surface area contributed by atoms with Gasteiger partial charge in [-0.15, -0.1) is 12.4 Å². The molecule has 1 unspecified atom stereocenters. The van der Waals surface area contributed by atoms with E-state index in [2.05, 4.69) is 60.7 Å². The number of hydrogen-bond donors (Lipinski definition) is 1. The molecule has 150 valence electrons. The Kier molecular flexibility index (Phi) is 11.0. The molecule has 2 aromatic carbocycles. The number of quaternary nitrogens is 1. The molecule has 0 bridgehead atoms. The predicted octanol–water partition coefficient (Wildman–Crippen LogP) is 1.62. The molecule has 0 aliphatic carbocycles. The number of piperidine rings is 1. The average molecular weight is 409 g/mol. The molecule has 27 heavy (non-hydrogen) atoms. The molecule has 1 aliphatic heterocycles. The monoisotopic (exact) mass is 408 g/mol. The lowest BCUT2D eigenvalue weighted by atomic mass is 10.00. The highest BCUT2D eigenvalue weighted by atomic mass is 35.5. The third-order valence-electron chi connectivity index (χ3n) is 5.71. The molecule has 3 rings (SSSR count). The molecule has 1 aliphatic rings. The number of nitrogens with two attached hydrogens (primary N) is 1. The molecule has 0 amide bonds. The molecular formula is C23H34Cl2N2. The van der Waals surface area contributed by atoms with Gasteiger partial charge in [0.25, 0.3) is 0 Å². The van der Waals surface area contributed by atoms with Crippen LogP contribution >= 0.6 is 12.4 Å². The summed E-state index contributed by atoms with van der Waals surface area (Å²) in [5.74, 6) is 0. The fourth-order valence-corrected chi connectivity index (χ4v) is 4.41. The van der Waals surface area contributed by atoms with Crippen molar-refractivity contribution in [3.8, 4) is 0 Å². The Morgan fingerprint density at radius 3 is 1.74 bits per heavy atom. The van der Waals surface area contributed by atoms with Crippen molar-refractivity contribution in [2.45, 2.75) is 44.6 Å². The molecule has 4 heteroatoms. The second-order valence-corrected chi connectivity index (χ2v) is 7.78. The molecule has 1 saturated heterocycles. The van der Waals surface area contributed by atoms with E-state index in [0.717, 1.165) is 0 Å². The number of halogens is 2. The molecule has 0 spiro atoms. The van der Waals surface area contributed by atoms with Gasteiger partial charge in [0.15, 0.2) is 0 Å². The highest BCUT2D eigenvalue weighted by Gasteiger charge is 2.32. The number of nitrogens with zero attached hydrogens (tertiary/aromatic N) is 1. The molecular weight excluding hydrogens is 375 g/mol. The second-order valence-electron chi connectivity index (χ2n) is 7.78. The molecule has 0 aromatic heterocycles. The first-order chi connectivity index (χ1) is 12.3. The molecule has 1 atom stereocenters. The Balaban J connectivity index is 0.00000182. The average Bonchev–Trinajstić information content (AvgIpc) is 2.64. The van der Waals surface area contributed by atoms with Gasteiger partial charge in [0.05, 0.1) is 32.2 Å². The maximum atomic E-state index is 6.36. The van der Waals surface area contributed by atoms with E-state index >= 15 is 0 Å². The van der Waals surface area contributed by atoms with Gasteiger partial charge in [-0.05, 0) is 36.8 Å². The summed E-state index contributed by atoms with van der Waals surface area (Å²) >= 11 is 0. The summed E-state index contributed by atoms with van der Waals surface area (Å²) in [5, 5.41) is 0. The maximum Gasteiger partial charge on any atom is 0.0940 e. The van der Waals surface area contributed by atoms with Crippen LogP contribution < -0.4 is 18.1 Å². The van der Waals surface area contributed by atoms with Crippen LogP contribution in [0.15, 0.2) is 60.7 Å². The van der Waals surface area contributed by atoms with Gasteiger partial charge in [-0.3, -0.25) is 0 Å². The van der Waals surface area contributed by atoms with Crippen LogP contribution in [-0.2, 0) is 12.8 Å². The highest BCUT2D eigenvalue weighted by Crippen LogP contribution is 2.21. The van der Waals surface area contributed by atoms with Crippen LogP contribution in [0, 0.1) is 0 Å². The lowest BCUT2D eigenvalue weighted by molar-refractivity contribution is -0.933. The van der Waals surface area contributed by atoms with Crippen molar-refractivity contribution < 1.29 is 16.9 Å². The van der Waals surface area contributed by atoms with E-state index in [9.17, 15) is 0 Å². The van der Waals surface area contributed by atoms with E-state index in [4.69, 9.17) is 5.73 Å². The van der Waals surface area contributed by atoms with Crippen molar-refractivity contribution in [1.29, 1.82) is 0 Å². The van der Waals surface area contributed by atoms with E-state index in [0.29, 0.717) is 6.04 Å². The zero-order chi connectivity index (χ0) is 17.4. The normalized spacial score (nSPS) is 18.2. The molecule has 2 aromatic rings. The molecule has 2 N–H and O–H groups in total.